The number of carbonyl (C=O) groups excluding carboxylic acids is 1. The third-order valence-corrected chi connectivity index (χ3v) is 4.02. The van der Waals surface area contributed by atoms with Crippen LogP contribution in [0.4, 0.5) is 23.1 Å². The zero-order valence-electron chi connectivity index (χ0n) is 11.6. The largest absolute Gasteiger partial charge is 0.445 e. The monoisotopic (exact) mass is 323 g/mol. The molecule has 1 aromatic heterocycles. The highest BCUT2D eigenvalue weighted by molar-refractivity contribution is 7.15. The Morgan fingerprint density at radius 3 is 2.62 bits per heavy atom. The van der Waals surface area contributed by atoms with Crippen molar-refractivity contribution >= 4 is 22.5 Å². The zero-order chi connectivity index (χ0) is 15.6. The van der Waals surface area contributed by atoms with Gasteiger partial charge in [-0.05, 0) is 19.9 Å². The lowest BCUT2D eigenvalue weighted by Gasteiger charge is -2.20. The normalized spacial score (nSPS) is 19.7. The molecule has 10 heteroatoms. The van der Waals surface area contributed by atoms with Gasteiger partial charge in [0.25, 0.3) is 0 Å². The summed E-state index contributed by atoms with van der Waals surface area (Å²) in [6.07, 6.45) is -4.07. The van der Waals surface area contributed by atoms with E-state index in [9.17, 15) is 18.0 Å². The van der Waals surface area contributed by atoms with Crippen LogP contribution in [0.1, 0.15) is 25.3 Å². The standard InChI is InChI=1S/C11H16F3N5OS/c1-3-5-15-7-6-18(4-2)10(20)19(7)9-17-16-8(21-9)11(12,13)14/h7,15H,3-6H2,1-2H3. The predicted molar refractivity (Wildman–Crippen MR) is 72.1 cm³/mol. The van der Waals surface area contributed by atoms with Crippen molar-refractivity contribution in [2.75, 3.05) is 24.5 Å². The Labute approximate surface area is 123 Å². The van der Waals surface area contributed by atoms with Crippen LogP contribution in [0.2, 0.25) is 0 Å². The number of halogens is 3. The molecule has 118 valence electrons. The first-order valence-electron chi connectivity index (χ1n) is 6.60. The maximum atomic E-state index is 12.6. The molecule has 1 fully saturated rings. The first-order valence-corrected chi connectivity index (χ1v) is 7.42. The molecule has 0 radical (unpaired) electrons. The summed E-state index contributed by atoms with van der Waals surface area (Å²) in [6, 6.07) is -0.351. The van der Waals surface area contributed by atoms with Gasteiger partial charge in [0.1, 0.15) is 6.17 Å². The summed E-state index contributed by atoms with van der Waals surface area (Å²) in [7, 11) is 0. The van der Waals surface area contributed by atoms with Crippen LogP contribution in [0.3, 0.4) is 0 Å². The number of alkyl halides is 3. The minimum Gasteiger partial charge on any atom is -0.321 e. The van der Waals surface area contributed by atoms with Crippen molar-refractivity contribution in [2.24, 2.45) is 0 Å². The Morgan fingerprint density at radius 2 is 2.10 bits per heavy atom. The SMILES string of the molecule is CCCNC1CN(CC)C(=O)N1c1nnc(C(F)(F)F)s1. The van der Waals surface area contributed by atoms with E-state index in [2.05, 4.69) is 15.5 Å². The van der Waals surface area contributed by atoms with Crippen molar-refractivity contribution in [1.82, 2.24) is 20.4 Å². The number of aromatic nitrogens is 2. The second-order valence-electron chi connectivity index (χ2n) is 4.55. The number of hydrogen-bond donors (Lipinski definition) is 1. The summed E-state index contributed by atoms with van der Waals surface area (Å²) in [4.78, 5) is 15.1. The molecule has 1 aliphatic rings. The van der Waals surface area contributed by atoms with Gasteiger partial charge in [0, 0.05) is 6.54 Å². The Morgan fingerprint density at radius 1 is 1.38 bits per heavy atom. The second kappa shape index (κ2) is 6.14. The van der Waals surface area contributed by atoms with Gasteiger partial charge < -0.3 is 4.90 Å². The summed E-state index contributed by atoms with van der Waals surface area (Å²) in [6.45, 7) is 5.36. The first kappa shape index (κ1) is 16.0. The molecule has 1 unspecified atom stereocenters. The van der Waals surface area contributed by atoms with E-state index >= 15 is 0 Å². The van der Waals surface area contributed by atoms with E-state index in [1.54, 1.807) is 4.90 Å². The van der Waals surface area contributed by atoms with Gasteiger partial charge in [-0.15, -0.1) is 10.2 Å². The number of likely N-dealkylation sites (N-methyl/N-ethyl adjacent to an activating group) is 1. The third-order valence-electron chi connectivity index (χ3n) is 3.06. The van der Waals surface area contributed by atoms with Crippen molar-refractivity contribution in [3.05, 3.63) is 5.01 Å². The smallest absolute Gasteiger partial charge is 0.321 e. The quantitative estimate of drug-likeness (QED) is 0.902. The van der Waals surface area contributed by atoms with E-state index < -0.39 is 11.2 Å². The van der Waals surface area contributed by atoms with E-state index in [4.69, 9.17) is 0 Å². The van der Waals surface area contributed by atoms with Crippen molar-refractivity contribution in [3.63, 3.8) is 0 Å². The molecular weight excluding hydrogens is 307 g/mol. The zero-order valence-corrected chi connectivity index (χ0v) is 12.5. The fourth-order valence-corrected chi connectivity index (χ4v) is 2.78. The average Bonchev–Trinajstić information content (AvgIpc) is 3.00. The number of nitrogens with zero attached hydrogens (tertiary/aromatic N) is 4. The minimum absolute atomic E-state index is 0.0307. The summed E-state index contributed by atoms with van der Waals surface area (Å²) < 4.78 is 37.8. The number of urea groups is 1. The number of hydrogen-bond acceptors (Lipinski definition) is 5. The topological polar surface area (TPSA) is 61.4 Å². The molecule has 6 nitrogen and oxygen atoms in total. The van der Waals surface area contributed by atoms with Gasteiger partial charge >= 0.3 is 12.2 Å². The van der Waals surface area contributed by atoms with E-state index in [1.807, 2.05) is 13.8 Å². The highest BCUT2D eigenvalue weighted by Crippen LogP contribution is 2.35. The number of carbonyl (C=O) groups is 1. The molecule has 0 spiro atoms. The molecule has 1 N–H and O–H groups in total. The molecule has 21 heavy (non-hydrogen) atoms. The summed E-state index contributed by atoms with van der Waals surface area (Å²) >= 11 is 0.382. The molecule has 1 aromatic rings. The molecule has 2 amide bonds. The number of rotatable bonds is 5. The van der Waals surface area contributed by atoms with Crippen LogP contribution >= 0.6 is 11.3 Å². The van der Waals surface area contributed by atoms with Gasteiger partial charge in [0.15, 0.2) is 0 Å². The van der Waals surface area contributed by atoms with Gasteiger partial charge in [-0.2, -0.15) is 13.2 Å². The van der Waals surface area contributed by atoms with Gasteiger partial charge in [-0.3, -0.25) is 10.2 Å². The maximum absolute atomic E-state index is 12.6. The first-order chi connectivity index (χ1) is 9.88. The molecule has 2 heterocycles. The summed E-state index contributed by atoms with van der Waals surface area (Å²) in [5.74, 6) is 0. The predicted octanol–water partition coefficient (Wildman–Crippen LogP) is 2.14. The molecule has 1 saturated heterocycles. The van der Waals surface area contributed by atoms with Crippen molar-refractivity contribution in [2.45, 2.75) is 32.6 Å². The van der Waals surface area contributed by atoms with Gasteiger partial charge in [-0.25, -0.2) is 4.79 Å². The second-order valence-corrected chi connectivity index (χ2v) is 5.50. The Kier molecular flexibility index (Phi) is 4.67. The number of amides is 2. The van der Waals surface area contributed by atoms with E-state index in [-0.39, 0.29) is 17.3 Å². The molecule has 0 aliphatic carbocycles. The minimum atomic E-state index is -4.55. The van der Waals surface area contributed by atoms with E-state index in [1.165, 1.54) is 4.90 Å². The lowest BCUT2D eigenvalue weighted by molar-refractivity contribution is -0.138. The maximum Gasteiger partial charge on any atom is 0.445 e. The van der Waals surface area contributed by atoms with Crippen LogP contribution in [0.25, 0.3) is 0 Å². The van der Waals surface area contributed by atoms with Crippen molar-refractivity contribution < 1.29 is 18.0 Å². The molecule has 1 atom stereocenters. The van der Waals surface area contributed by atoms with Crippen LogP contribution < -0.4 is 10.2 Å². The molecule has 2 rings (SSSR count). The molecule has 0 saturated carbocycles. The average molecular weight is 323 g/mol. The highest BCUT2D eigenvalue weighted by Gasteiger charge is 2.42. The van der Waals surface area contributed by atoms with Gasteiger partial charge in [-0.1, -0.05) is 18.3 Å². The number of anilines is 1. The number of nitrogens with one attached hydrogen (secondary N) is 1. The fourth-order valence-electron chi connectivity index (χ4n) is 2.03. The van der Waals surface area contributed by atoms with Gasteiger partial charge in [0.2, 0.25) is 10.1 Å². The Hall–Kier alpha value is -1.42. The molecule has 0 aromatic carbocycles. The van der Waals surface area contributed by atoms with Crippen LogP contribution in [-0.4, -0.2) is 46.9 Å². The third kappa shape index (κ3) is 3.26. The van der Waals surface area contributed by atoms with Crippen LogP contribution in [0.5, 0.6) is 0 Å². The van der Waals surface area contributed by atoms with Crippen LogP contribution in [-0.2, 0) is 6.18 Å². The summed E-state index contributed by atoms with van der Waals surface area (Å²) in [5, 5.41) is 8.73. The van der Waals surface area contributed by atoms with Gasteiger partial charge in [0.05, 0.1) is 6.54 Å². The Bertz CT molecular complexity index is 506. The van der Waals surface area contributed by atoms with Crippen molar-refractivity contribution in [3.8, 4) is 0 Å². The lowest BCUT2D eigenvalue weighted by atomic mass is 10.4. The van der Waals surface area contributed by atoms with Crippen LogP contribution in [0.15, 0.2) is 0 Å². The fraction of sp³-hybridized carbons (Fsp3) is 0.727. The molecule has 0 bridgehead atoms. The lowest BCUT2D eigenvalue weighted by Crippen LogP contribution is -2.44. The van der Waals surface area contributed by atoms with Crippen molar-refractivity contribution in [1.29, 1.82) is 0 Å². The highest BCUT2D eigenvalue weighted by atomic mass is 32.1. The molecule has 1 aliphatic heterocycles. The Balaban J connectivity index is 2.25. The van der Waals surface area contributed by atoms with E-state index in [0.29, 0.717) is 31.0 Å². The summed E-state index contributed by atoms with van der Waals surface area (Å²) in [5.41, 5.74) is 0. The van der Waals surface area contributed by atoms with Crippen LogP contribution in [0, 0.1) is 0 Å². The molecular formula is C11H16F3N5OS. The van der Waals surface area contributed by atoms with E-state index in [0.717, 1.165) is 6.42 Å².